The number of rotatable bonds is 6. The van der Waals surface area contributed by atoms with Crippen LogP contribution in [-0.4, -0.2) is 71.8 Å². The van der Waals surface area contributed by atoms with Crippen LogP contribution in [0.2, 0.25) is 0 Å². The Labute approximate surface area is 155 Å². The summed E-state index contributed by atoms with van der Waals surface area (Å²) in [6.45, 7) is 8.07. The number of aryl methyl sites for hydroxylation is 2. The second-order valence-corrected chi connectivity index (χ2v) is 7.30. The highest BCUT2D eigenvalue weighted by atomic mass is 16.5. The molecule has 7 heteroatoms. The van der Waals surface area contributed by atoms with Gasteiger partial charge in [-0.05, 0) is 39.2 Å². The lowest BCUT2D eigenvalue weighted by molar-refractivity contribution is -0.155. The number of carbonyl (C=O) groups excluding carboxylic acids is 1. The number of aromatic nitrogens is 2. The van der Waals surface area contributed by atoms with Gasteiger partial charge < -0.3 is 19.1 Å². The van der Waals surface area contributed by atoms with E-state index < -0.39 is 0 Å². The molecule has 2 aliphatic rings. The summed E-state index contributed by atoms with van der Waals surface area (Å²) in [5.41, 5.74) is 1.38. The van der Waals surface area contributed by atoms with Crippen molar-refractivity contribution in [1.29, 1.82) is 0 Å². The Morgan fingerprint density at radius 1 is 1.38 bits per heavy atom. The molecule has 1 unspecified atom stereocenters. The van der Waals surface area contributed by atoms with E-state index in [1.807, 2.05) is 31.9 Å². The molecule has 3 heterocycles. The molecule has 1 spiro atoms. The highest BCUT2D eigenvalue weighted by Gasteiger charge is 2.41. The van der Waals surface area contributed by atoms with Gasteiger partial charge in [0.15, 0.2) is 0 Å². The van der Waals surface area contributed by atoms with E-state index in [9.17, 15) is 4.79 Å². The first kappa shape index (κ1) is 19.3. The van der Waals surface area contributed by atoms with Crippen molar-refractivity contribution in [2.45, 2.75) is 51.2 Å². The molecule has 1 amide bonds. The monoisotopic (exact) mass is 365 g/mol. The van der Waals surface area contributed by atoms with E-state index in [1.165, 1.54) is 0 Å². The van der Waals surface area contributed by atoms with Crippen LogP contribution in [0.4, 0.5) is 0 Å². The zero-order valence-electron chi connectivity index (χ0n) is 16.2. The minimum atomic E-state index is -0.145. The number of piperidine rings is 1. The lowest BCUT2D eigenvalue weighted by atomic mass is 9.83. The molecule has 0 aliphatic carbocycles. The van der Waals surface area contributed by atoms with Crippen LogP contribution in [0.25, 0.3) is 0 Å². The molecule has 2 fully saturated rings. The fourth-order valence-electron chi connectivity index (χ4n) is 3.98. The summed E-state index contributed by atoms with van der Waals surface area (Å²) in [6.07, 6.45) is 3.80. The van der Waals surface area contributed by atoms with Gasteiger partial charge in [0.25, 0.3) is 5.91 Å². The van der Waals surface area contributed by atoms with Crippen LogP contribution in [0, 0.1) is 6.92 Å². The Morgan fingerprint density at radius 2 is 2.15 bits per heavy atom. The number of hydrogen-bond donors (Lipinski definition) is 0. The summed E-state index contributed by atoms with van der Waals surface area (Å²) in [5, 5.41) is 4.28. The lowest BCUT2D eigenvalue weighted by Gasteiger charge is -2.46. The molecular weight excluding hydrogens is 334 g/mol. The van der Waals surface area contributed by atoms with E-state index in [4.69, 9.17) is 14.2 Å². The highest BCUT2D eigenvalue weighted by molar-refractivity contribution is 5.92. The predicted octanol–water partition coefficient (Wildman–Crippen LogP) is 1.94. The summed E-state index contributed by atoms with van der Waals surface area (Å²) in [4.78, 5) is 14.7. The molecule has 3 rings (SSSR count). The fourth-order valence-corrected chi connectivity index (χ4v) is 3.98. The maximum atomic E-state index is 12.8. The normalized spacial score (nSPS) is 22.7. The molecule has 2 saturated heterocycles. The van der Waals surface area contributed by atoms with Crippen LogP contribution in [0.15, 0.2) is 6.07 Å². The van der Waals surface area contributed by atoms with Crippen LogP contribution < -0.4 is 0 Å². The van der Waals surface area contributed by atoms with E-state index in [0.717, 1.165) is 44.6 Å². The van der Waals surface area contributed by atoms with Crippen molar-refractivity contribution in [1.82, 2.24) is 14.7 Å². The maximum Gasteiger partial charge on any atom is 0.272 e. The molecule has 2 aliphatic heterocycles. The molecule has 26 heavy (non-hydrogen) atoms. The number of hydrogen-bond acceptors (Lipinski definition) is 5. The molecule has 1 aromatic heterocycles. The Morgan fingerprint density at radius 3 is 2.81 bits per heavy atom. The molecular formula is C19H31N3O4. The molecule has 0 radical (unpaired) electrons. The number of carbonyl (C=O) groups is 1. The number of amides is 1. The Bertz CT molecular complexity index is 608. The summed E-state index contributed by atoms with van der Waals surface area (Å²) < 4.78 is 19.2. The topological polar surface area (TPSA) is 65.8 Å². The van der Waals surface area contributed by atoms with Crippen LogP contribution in [-0.2, 0) is 21.3 Å². The van der Waals surface area contributed by atoms with Gasteiger partial charge in [-0.25, -0.2) is 0 Å². The molecule has 0 bridgehead atoms. The van der Waals surface area contributed by atoms with Crippen molar-refractivity contribution in [3.8, 4) is 0 Å². The van der Waals surface area contributed by atoms with Crippen molar-refractivity contribution >= 4 is 5.91 Å². The van der Waals surface area contributed by atoms with Gasteiger partial charge in [-0.1, -0.05) is 0 Å². The first-order valence-corrected chi connectivity index (χ1v) is 9.66. The van der Waals surface area contributed by atoms with Crippen molar-refractivity contribution in [3.05, 3.63) is 17.5 Å². The van der Waals surface area contributed by atoms with Crippen molar-refractivity contribution in [2.24, 2.45) is 7.05 Å². The lowest BCUT2D eigenvalue weighted by Crippen LogP contribution is -2.52. The zero-order valence-corrected chi connectivity index (χ0v) is 16.2. The summed E-state index contributed by atoms with van der Waals surface area (Å²) in [5.74, 6) is 0.0586. The summed E-state index contributed by atoms with van der Waals surface area (Å²) in [6, 6.07) is 1.85. The van der Waals surface area contributed by atoms with Crippen LogP contribution >= 0.6 is 0 Å². The van der Waals surface area contributed by atoms with Gasteiger partial charge in [0.2, 0.25) is 0 Å². The van der Waals surface area contributed by atoms with Gasteiger partial charge in [0, 0.05) is 39.8 Å². The van der Waals surface area contributed by atoms with E-state index in [0.29, 0.717) is 32.0 Å². The first-order chi connectivity index (χ1) is 12.5. The largest absolute Gasteiger partial charge is 0.379 e. The van der Waals surface area contributed by atoms with Crippen LogP contribution in [0.5, 0.6) is 0 Å². The zero-order chi connectivity index (χ0) is 18.6. The van der Waals surface area contributed by atoms with Crippen molar-refractivity contribution < 1.29 is 19.0 Å². The number of ether oxygens (including phenoxy) is 3. The van der Waals surface area contributed by atoms with E-state index in [2.05, 4.69) is 5.10 Å². The SMILES string of the molecule is CCOCCOC1CCOC2(CCN(C(=O)c3cc(C)nn3C)CC2)C1. The van der Waals surface area contributed by atoms with Gasteiger partial charge in [-0.3, -0.25) is 9.48 Å². The smallest absolute Gasteiger partial charge is 0.272 e. The molecule has 7 nitrogen and oxygen atoms in total. The quantitative estimate of drug-likeness (QED) is 0.721. The Kier molecular flexibility index (Phi) is 6.32. The number of nitrogens with zero attached hydrogens (tertiary/aromatic N) is 3. The minimum absolute atomic E-state index is 0.0586. The van der Waals surface area contributed by atoms with Crippen LogP contribution in [0.1, 0.15) is 48.8 Å². The third kappa shape index (κ3) is 4.45. The number of likely N-dealkylation sites (tertiary alicyclic amines) is 1. The average molecular weight is 365 g/mol. The maximum absolute atomic E-state index is 12.8. The molecule has 0 N–H and O–H groups in total. The van der Waals surface area contributed by atoms with Crippen LogP contribution in [0.3, 0.4) is 0 Å². The third-order valence-electron chi connectivity index (χ3n) is 5.42. The van der Waals surface area contributed by atoms with Crippen molar-refractivity contribution in [2.75, 3.05) is 39.5 Å². The third-order valence-corrected chi connectivity index (χ3v) is 5.42. The van der Waals surface area contributed by atoms with E-state index >= 15 is 0 Å². The molecule has 146 valence electrons. The predicted molar refractivity (Wildman–Crippen MR) is 97.2 cm³/mol. The standard InChI is InChI=1S/C19H31N3O4/c1-4-24-11-12-25-16-5-10-26-19(14-16)6-8-22(9-7-19)18(23)17-13-15(2)20-21(17)3/h13,16H,4-12,14H2,1-3H3. The van der Waals surface area contributed by atoms with Gasteiger partial charge >= 0.3 is 0 Å². The van der Waals surface area contributed by atoms with E-state index in [-0.39, 0.29) is 17.6 Å². The fraction of sp³-hybridized carbons (Fsp3) is 0.789. The first-order valence-electron chi connectivity index (χ1n) is 9.66. The molecule has 1 atom stereocenters. The van der Waals surface area contributed by atoms with E-state index in [1.54, 1.807) is 4.68 Å². The summed E-state index contributed by atoms with van der Waals surface area (Å²) in [7, 11) is 1.82. The molecule has 0 saturated carbocycles. The minimum Gasteiger partial charge on any atom is -0.379 e. The van der Waals surface area contributed by atoms with Gasteiger partial charge in [0.05, 0.1) is 30.6 Å². The second-order valence-electron chi connectivity index (χ2n) is 7.30. The Hall–Kier alpha value is -1.44. The van der Waals surface area contributed by atoms with Gasteiger partial charge in [-0.15, -0.1) is 0 Å². The van der Waals surface area contributed by atoms with Gasteiger partial charge in [0.1, 0.15) is 5.69 Å². The molecule has 1 aromatic rings. The highest BCUT2D eigenvalue weighted by Crippen LogP contribution is 2.36. The van der Waals surface area contributed by atoms with Crippen molar-refractivity contribution in [3.63, 3.8) is 0 Å². The average Bonchev–Trinajstić information content (AvgIpc) is 2.97. The Balaban J connectivity index is 1.52. The summed E-state index contributed by atoms with van der Waals surface area (Å²) >= 11 is 0. The second kappa shape index (κ2) is 8.50. The van der Waals surface area contributed by atoms with Gasteiger partial charge in [-0.2, -0.15) is 5.10 Å². The molecule has 0 aromatic carbocycles.